The maximum Gasteiger partial charge on any atom is 0.264 e. The maximum atomic E-state index is 14.0. The highest BCUT2D eigenvalue weighted by atomic mass is 32.2. The van der Waals surface area contributed by atoms with Crippen LogP contribution < -0.4 is 9.62 Å². The molecule has 0 bridgehead atoms. The third-order valence-electron chi connectivity index (χ3n) is 6.57. The average molecular weight is 550 g/mol. The van der Waals surface area contributed by atoms with Crippen molar-refractivity contribution in [1.29, 1.82) is 0 Å². The van der Waals surface area contributed by atoms with E-state index in [1.807, 2.05) is 77.1 Å². The van der Waals surface area contributed by atoms with Crippen LogP contribution in [0.1, 0.15) is 43.0 Å². The van der Waals surface area contributed by atoms with Crippen molar-refractivity contribution >= 4 is 27.5 Å². The fourth-order valence-corrected chi connectivity index (χ4v) is 5.62. The zero-order valence-corrected chi connectivity index (χ0v) is 24.5. The molecule has 39 heavy (non-hydrogen) atoms. The Labute approximate surface area is 232 Å². The van der Waals surface area contributed by atoms with E-state index in [4.69, 9.17) is 0 Å². The number of carbonyl (C=O) groups is 2. The molecule has 0 saturated heterocycles. The molecule has 7 nitrogen and oxygen atoms in total. The van der Waals surface area contributed by atoms with Crippen LogP contribution in [0.3, 0.4) is 0 Å². The van der Waals surface area contributed by atoms with Gasteiger partial charge in [0.1, 0.15) is 12.6 Å². The van der Waals surface area contributed by atoms with E-state index in [1.165, 1.54) is 9.21 Å². The van der Waals surface area contributed by atoms with E-state index < -0.39 is 28.5 Å². The van der Waals surface area contributed by atoms with E-state index >= 15 is 0 Å². The van der Waals surface area contributed by atoms with Crippen LogP contribution >= 0.6 is 0 Å². The van der Waals surface area contributed by atoms with E-state index in [0.717, 1.165) is 22.3 Å². The van der Waals surface area contributed by atoms with Crippen molar-refractivity contribution in [2.45, 2.75) is 59.0 Å². The van der Waals surface area contributed by atoms with Crippen LogP contribution in [0.15, 0.2) is 77.7 Å². The largest absolute Gasteiger partial charge is 0.354 e. The summed E-state index contributed by atoms with van der Waals surface area (Å²) in [5, 5.41) is 2.90. The van der Waals surface area contributed by atoms with Crippen LogP contribution in [0.4, 0.5) is 5.69 Å². The summed E-state index contributed by atoms with van der Waals surface area (Å²) in [5.41, 5.74) is 3.80. The number of rotatable bonds is 11. The smallest absolute Gasteiger partial charge is 0.264 e. The molecule has 3 aromatic rings. The van der Waals surface area contributed by atoms with Crippen LogP contribution in [0, 0.1) is 26.7 Å². The molecule has 0 aliphatic heterocycles. The van der Waals surface area contributed by atoms with Crippen LogP contribution in [0.25, 0.3) is 0 Å². The summed E-state index contributed by atoms with van der Waals surface area (Å²) in [5.74, 6) is -0.505. The molecule has 1 atom stereocenters. The Kier molecular flexibility index (Phi) is 9.92. The van der Waals surface area contributed by atoms with Gasteiger partial charge in [-0.15, -0.1) is 0 Å². The van der Waals surface area contributed by atoms with Gasteiger partial charge in [-0.05, 0) is 68.5 Å². The van der Waals surface area contributed by atoms with Gasteiger partial charge in [0.05, 0.1) is 10.6 Å². The lowest BCUT2D eigenvalue weighted by Gasteiger charge is -2.32. The molecule has 0 saturated carbocycles. The zero-order chi connectivity index (χ0) is 28.7. The molecule has 0 aromatic heterocycles. The summed E-state index contributed by atoms with van der Waals surface area (Å²) >= 11 is 0. The minimum atomic E-state index is -4.09. The van der Waals surface area contributed by atoms with Crippen LogP contribution in [-0.4, -0.2) is 44.3 Å². The summed E-state index contributed by atoms with van der Waals surface area (Å²) in [7, 11) is -4.09. The molecule has 3 rings (SSSR count). The Hall–Kier alpha value is -3.65. The highest BCUT2D eigenvalue weighted by Crippen LogP contribution is 2.28. The summed E-state index contributed by atoms with van der Waals surface area (Å²) in [4.78, 5) is 28.6. The molecular formula is C31H39N3O4S. The predicted molar refractivity (Wildman–Crippen MR) is 156 cm³/mol. The van der Waals surface area contributed by atoms with Gasteiger partial charge in [-0.2, -0.15) is 0 Å². The van der Waals surface area contributed by atoms with Gasteiger partial charge >= 0.3 is 0 Å². The van der Waals surface area contributed by atoms with Gasteiger partial charge in [-0.25, -0.2) is 8.42 Å². The van der Waals surface area contributed by atoms with Crippen molar-refractivity contribution in [2.75, 3.05) is 17.4 Å². The molecule has 208 valence electrons. The van der Waals surface area contributed by atoms with E-state index in [1.54, 1.807) is 37.3 Å². The molecule has 0 aliphatic carbocycles. The number of sulfonamides is 1. The zero-order valence-electron chi connectivity index (χ0n) is 23.6. The van der Waals surface area contributed by atoms with Crippen molar-refractivity contribution in [3.8, 4) is 0 Å². The fourth-order valence-electron chi connectivity index (χ4n) is 4.15. The van der Waals surface area contributed by atoms with Crippen molar-refractivity contribution in [3.05, 3.63) is 95.1 Å². The maximum absolute atomic E-state index is 14.0. The van der Waals surface area contributed by atoms with Crippen LogP contribution in [-0.2, 0) is 26.2 Å². The normalized spacial score (nSPS) is 12.2. The molecule has 0 fully saturated rings. The monoisotopic (exact) mass is 549 g/mol. The van der Waals surface area contributed by atoms with Gasteiger partial charge in [-0.3, -0.25) is 13.9 Å². The minimum Gasteiger partial charge on any atom is -0.354 e. The third kappa shape index (κ3) is 7.69. The van der Waals surface area contributed by atoms with Crippen molar-refractivity contribution < 1.29 is 18.0 Å². The van der Waals surface area contributed by atoms with Gasteiger partial charge in [-0.1, -0.05) is 74.0 Å². The molecule has 1 N–H and O–H groups in total. The lowest BCUT2D eigenvalue weighted by atomic mass is 10.1. The lowest BCUT2D eigenvalue weighted by molar-refractivity contribution is -0.139. The fraction of sp³-hybridized carbons (Fsp3) is 0.355. The molecule has 3 aromatic carbocycles. The Balaban J connectivity index is 2.04. The number of nitrogens with one attached hydrogen (secondary N) is 1. The first-order valence-corrected chi connectivity index (χ1v) is 14.6. The quantitative estimate of drug-likeness (QED) is 0.365. The second-order valence-electron chi connectivity index (χ2n) is 10.4. The number of nitrogens with zero attached hydrogens (tertiary/aromatic N) is 2. The number of carbonyl (C=O) groups excluding carboxylic acids is 2. The van der Waals surface area contributed by atoms with Crippen LogP contribution in [0.2, 0.25) is 0 Å². The number of amides is 2. The molecule has 0 unspecified atom stereocenters. The Morgan fingerprint density at radius 2 is 1.46 bits per heavy atom. The van der Waals surface area contributed by atoms with Gasteiger partial charge < -0.3 is 10.2 Å². The van der Waals surface area contributed by atoms with Crippen molar-refractivity contribution in [2.24, 2.45) is 5.92 Å². The number of benzene rings is 3. The van der Waals surface area contributed by atoms with Gasteiger partial charge in [0.25, 0.3) is 10.0 Å². The van der Waals surface area contributed by atoms with E-state index in [9.17, 15) is 18.0 Å². The molecular weight excluding hydrogens is 510 g/mol. The second kappa shape index (κ2) is 12.9. The molecule has 8 heteroatoms. The summed E-state index contributed by atoms with van der Waals surface area (Å²) in [6.45, 7) is 11.4. The topological polar surface area (TPSA) is 86.8 Å². The Morgan fingerprint density at radius 3 is 2.08 bits per heavy atom. The average Bonchev–Trinajstić information content (AvgIpc) is 2.90. The first kappa shape index (κ1) is 29.9. The van der Waals surface area contributed by atoms with Gasteiger partial charge in [0.15, 0.2) is 0 Å². The predicted octanol–water partition coefficient (Wildman–Crippen LogP) is 5.00. The summed E-state index contributed by atoms with van der Waals surface area (Å²) in [6, 6.07) is 20.7. The first-order valence-electron chi connectivity index (χ1n) is 13.2. The van der Waals surface area contributed by atoms with Crippen molar-refractivity contribution in [3.63, 3.8) is 0 Å². The number of hydrogen-bond donors (Lipinski definition) is 1. The second-order valence-corrected chi connectivity index (χ2v) is 12.3. The van der Waals surface area contributed by atoms with E-state index in [-0.39, 0.29) is 23.3 Å². The molecule has 2 amide bonds. The van der Waals surface area contributed by atoms with E-state index in [0.29, 0.717) is 12.2 Å². The number of hydrogen-bond acceptors (Lipinski definition) is 4. The first-order chi connectivity index (χ1) is 18.4. The molecule has 0 spiro atoms. The SMILES string of the molecule is Cc1ccc(S(=O)(=O)N(CC(=O)N(Cc2ccccc2)[C@H](C)C(=O)NCC(C)C)c2cc(C)ccc2C)cc1. The highest BCUT2D eigenvalue weighted by molar-refractivity contribution is 7.92. The van der Waals surface area contributed by atoms with E-state index in [2.05, 4.69) is 5.32 Å². The Morgan fingerprint density at radius 1 is 0.846 bits per heavy atom. The number of aryl methyl sites for hydroxylation is 3. The van der Waals surface area contributed by atoms with Crippen molar-refractivity contribution in [1.82, 2.24) is 10.2 Å². The van der Waals surface area contributed by atoms with Gasteiger partial charge in [0, 0.05) is 13.1 Å². The summed E-state index contributed by atoms with van der Waals surface area (Å²) in [6.07, 6.45) is 0. The minimum absolute atomic E-state index is 0.0964. The highest BCUT2D eigenvalue weighted by Gasteiger charge is 2.33. The molecule has 0 aliphatic rings. The summed E-state index contributed by atoms with van der Waals surface area (Å²) < 4.78 is 29.1. The molecule has 0 radical (unpaired) electrons. The molecule has 0 heterocycles. The van der Waals surface area contributed by atoms with Gasteiger partial charge in [0.2, 0.25) is 11.8 Å². The number of anilines is 1. The van der Waals surface area contributed by atoms with Crippen LogP contribution in [0.5, 0.6) is 0 Å². The third-order valence-corrected chi connectivity index (χ3v) is 8.34. The Bertz CT molecular complexity index is 1390. The lowest BCUT2D eigenvalue weighted by Crippen LogP contribution is -2.51. The standard InChI is InChI=1S/C31H39N3O4S/c1-22(2)19-32-31(36)26(6)33(20-27-10-8-7-9-11-27)30(35)21-34(29-18-24(4)12-15-25(29)5)39(37,38)28-16-13-23(3)14-17-28/h7-18,22,26H,19-21H2,1-6H3,(H,32,36)/t26-/m1/s1.